The van der Waals surface area contributed by atoms with Gasteiger partial charge in [0.05, 0.1) is 18.2 Å². The fraction of sp³-hybridized carbons (Fsp3) is 0.400. The number of fused-ring (bicyclic) bond motifs is 1. The summed E-state index contributed by atoms with van der Waals surface area (Å²) in [4.78, 5) is 12.0. The number of aromatic nitrogens is 1. The van der Waals surface area contributed by atoms with Crippen molar-refractivity contribution in [2.24, 2.45) is 0 Å². The summed E-state index contributed by atoms with van der Waals surface area (Å²) in [5.74, 6) is 0.373. The zero-order chi connectivity index (χ0) is 14.1. The van der Waals surface area contributed by atoms with E-state index in [4.69, 9.17) is 4.74 Å². The minimum Gasteiger partial charge on any atom is -0.465 e. The van der Waals surface area contributed by atoms with Crippen LogP contribution < -0.4 is 0 Å². The molecule has 0 N–H and O–H groups in total. The normalized spacial score (nSPS) is 15.9. The van der Waals surface area contributed by atoms with Gasteiger partial charge in [0.15, 0.2) is 0 Å². The molecule has 3 nitrogen and oxygen atoms in total. The zero-order valence-electron chi connectivity index (χ0n) is 11.3. The van der Waals surface area contributed by atoms with Crippen molar-refractivity contribution in [3.63, 3.8) is 0 Å². The monoisotopic (exact) mass is 401 g/mol. The van der Waals surface area contributed by atoms with E-state index in [0.29, 0.717) is 11.5 Å². The number of halogens is 1. The van der Waals surface area contributed by atoms with Crippen molar-refractivity contribution in [1.82, 2.24) is 3.97 Å². The Balaban J connectivity index is 2.20. The lowest BCUT2D eigenvalue weighted by Crippen LogP contribution is -2.05. The molecule has 0 bridgehead atoms. The van der Waals surface area contributed by atoms with Crippen molar-refractivity contribution in [2.75, 3.05) is 7.11 Å². The highest BCUT2D eigenvalue weighted by Crippen LogP contribution is 2.40. The molecule has 3 rings (SSSR count). The van der Waals surface area contributed by atoms with Gasteiger partial charge < -0.3 is 4.74 Å². The van der Waals surface area contributed by atoms with Gasteiger partial charge in [-0.1, -0.05) is 18.9 Å². The van der Waals surface area contributed by atoms with Crippen molar-refractivity contribution < 1.29 is 9.53 Å². The Morgan fingerprint density at radius 3 is 2.75 bits per heavy atom. The van der Waals surface area contributed by atoms with Crippen LogP contribution in [0.15, 0.2) is 24.4 Å². The van der Waals surface area contributed by atoms with Gasteiger partial charge in [-0.3, -0.25) is 3.97 Å². The van der Waals surface area contributed by atoms with Crippen LogP contribution in [-0.4, -0.2) is 17.1 Å². The van der Waals surface area contributed by atoms with Crippen LogP contribution in [0.25, 0.3) is 10.9 Å². The lowest BCUT2D eigenvalue weighted by atomic mass is 9.93. The fourth-order valence-electron chi connectivity index (χ4n) is 3.18. The van der Waals surface area contributed by atoms with Gasteiger partial charge in [-0.25, -0.2) is 4.79 Å². The van der Waals surface area contributed by atoms with E-state index in [-0.39, 0.29) is 5.97 Å². The summed E-state index contributed by atoms with van der Waals surface area (Å²) in [5, 5.41) is 1.20. The average Bonchev–Trinajstić information content (AvgIpc) is 3.14. The van der Waals surface area contributed by atoms with Crippen LogP contribution >= 0.6 is 30.3 Å². The summed E-state index contributed by atoms with van der Waals surface area (Å²) in [5.41, 5.74) is 3.02. The van der Waals surface area contributed by atoms with Crippen LogP contribution in [-0.2, 0) is 4.74 Å². The quantitative estimate of drug-likeness (QED) is 0.540. The second kappa shape index (κ2) is 5.97. The Morgan fingerprint density at radius 1 is 1.35 bits per heavy atom. The number of hydrogen-bond acceptors (Lipinski definition) is 3. The van der Waals surface area contributed by atoms with E-state index in [1.54, 1.807) is 9.12 Å². The Morgan fingerprint density at radius 2 is 2.10 bits per heavy atom. The summed E-state index contributed by atoms with van der Waals surface area (Å²) >= 11 is 2.24. The number of hydrogen-bond donors (Lipinski definition) is 0. The number of carbonyl (C=O) groups is 1. The molecule has 20 heavy (non-hydrogen) atoms. The fourth-order valence-corrected chi connectivity index (χ4v) is 4.54. The summed E-state index contributed by atoms with van der Waals surface area (Å²) in [6, 6.07) is 6.17. The van der Waals surface area contributed by atoms with Crippen molar-refractivity contribution in [3.8, 4) is 0 Å². The van der Waals surface area contributed by atoms with Crippen LogP contribution in [0.2, 0.25) is 0 Å². The van der Waals surface area contributed by atoms with E-state index >= 15 is 0 Å². The molecule has 2 aromatic rings. The van der Waals surface area contributed by atoms with Crippen LogP contribution in [0.3, 0.4) is 0 Å². The standard InChI is InChI=1S/C15H16INO2S/c1-19-15(18)13-7-6-11(10-4-2-3-5-10)12-8-9-17(20-16)14(12)13/h6-10H,2-5H2,1H3. The molecule has 1 heterocycles. The van der Waals surface area contributed by atoms with Gasteiger partial charge in [0.25, 0.3) is 0 Å². The zero-order valence-corrected chi connectivity index (χ0v) is 14.2. The Labute approximate surface area is 134 Å². The van der Waals surface area contributed by atoms with E-state index in [0.717, 1.165) is 5.52 Å². The molecule has 0 amide bonds. The topological polar surface area (TPSA) is 31.2 Å². The second-order valence-corrected chi connectivity index (χ2v) is 6.86. The number of methoxy groups -OCH3 is 1. The molecule has 106 valence electrons. The third kappa shape index (κ3) is 2.35. The van der Waals surface area contributed by atoms with Gasteiger partial charge in [-0.15, -0.1) is 0 Å². The van der Waals surface area contributed by atoms with E-state index in [2.05, 4.69) is 33.3 Å². The lowest BCUT2D eigenvalue weighted by molar-refractivity contribution is 0.0602. The van der Waals surface area contributed by atoms with E-state index in [9.17, 15) is 4.79 Å². The van der Waals surface area contributed by atoms with Gasteiger partial charge in [-0.2, -0.15) is 0 Å². The molecule has 1 aliphatic carbocycles. The Hall–Kier alpha value is -0.690. The highest BCUT2D eigenvalue weighted by Gasteiger charge is 2.23. The molecule has 1 aromatic heterocycles. The van der Waals surface area contributed by atoms with Crippen molar-refractivity contribution >= 4 is 47.2 Å². The summed E-state index contributed by atoms with van der Waals surface area (Å²) in [6.07, 6.45) is 7.18. The molecule has 0 saturated heterocycles. The summed E-state index contributed by atoms with van der Waals surface area (Å²) in [6.45, 7) is 0. The highest BCUT2D eigenvalue weighted by atomic mass is 127. The molecular weight excluding hydrogens is 385 g/mol. The predicted octanol–water partition coefficient (Wildman–Crippen LogP) is 4.93. The number of rotatable bonds is 3. The number of ether oxygens (including phenoxy) is 1. The van der Waals surface area contributed by atoms with Gasteiger partial charge in [0.1, 0.15) is 0 Å². The highest BCUT2D eigenvalue weighted by molar-refractivity contribution is 14.2. The largest absolute Gasteiger partial charge is 0.465 e. The first-order valence-electron chi connectivity index (χ1n) is 6.77. The second-order valence-electron chi connectivity index (χ2n) is 5.15. The first kappa shape index (κ1) is 14.3. The third-order valence-corrected chi connectivity index (χ3v) is 5.85. The van der Waals surface area contributed by atoms with Crippen LogP contribution in [0.4, 0.5) is 0 Å². The first-order chi connectivity index (χ1) is 9.76. The molecule has 1 aromatic carbocycles. The summed E-state index contributed by atoms with van der Waals surface area (Å²) < 4.78 is 6.96. The van der Waals surface area contributed by atoms with Crippen molar-refractivity contribution in [3.05, 3.63) is 35.5 Å². The van der Waals surface area contributed by atoms with E-state index in [1.807, 2.05) is 16.2 Å². The maximum Gasteiger partial charge on any atom is 0.340 e. The van der Waals surface area contributed by atoms with Crippen LogP contribution in [0, 0.1) is 0 Å². The number of benzene rings is 1. The molecule has 1 aliphatic rings. The lowest BCUT2D eigenvalue weighted by Gasteiger charge is -2.13. The smallest absolute Gasteiger partial charge is 0.340 e. The molecule has 5 heteroatoms. The van der Waals surface area contributed by atoms with Crippen molar-refractivity contribution in [1.29, 1.82) is 0 Å². The molecular formula is C15H16INO2S. The molecule has 0 unspecified atom stereocenters. The molecule has 0 radical (unpaired) electrons. The molecule has 0 atom stereocenters. The minimum atomic E-state index is -0.265. The Bertz CT molecular complexity index is 647. The number of carbonyl (C=O) groups excluding carboxylic acids is 1. The van der Waals surface area contributed by atoms with Crippen molar-refractivity contribution in [2.45, 2.75) is 31.6 Å². The summed E-state index contributed by atoms with van der Waals surface area (Å²) in [7, 11) is 3.01. The van der Waals surface area contributed by atoms with Crippen LogP contribution in [0.1, 0.15) is 47.5 Å². The average molecular weight is 401 g/mol. The molecule has 0 spiro atoms. The maximum atomic E-state index is 12.0. The van der Waals surface area contributed by atoms with E-state index in [1.165, 1.54) is 43.7 Å². The molecule has 1 fully saturated rings. The molecule has 0 aliphatic heterocycles. The SMILES string of the molecule is COC(=O)c1ccc(C2CCCC2)c2ccn(SI)c12. The van der Waals surface area contributed by atoms with E-state index < -0.39 is 0 Å². The first-order valence-corrected chi connectivity index (χ1v) is 10.1. The van der Waals surface area contributed by atoms with Gasteiger partial charge in [0, 0.05) is 41.9 Å². The molecule has 1 saturated carbocycles. The van der Waals surface area contributed by atoms with Gasteiger partial charge in [0.2, 0.25) is 0 Å². The van der Waals surface area contributed by atoms with Gasteiger partial charge in [-0.05, 0) is 36.5 Å². The Kier molecular flexibility index (Phi) is 4.26. The van der Waals surface area contributed by atoms with Gasteiger partial charge >= 0.3 is 5.97 Å². The predicted molar refractivity (Wildman–Crippen MR) is 91.5 cm³/mol. The maximum absolute atomic E-state index is 12.0. The number of esters is 1. The van der Waals surface area contributed by atoms with Crippen LogP contribution in [0.5, 0.6) is 0 Å². The number of nitrogens with zero attached hydrogens (tertiary/aromatic N) is 1. The third-order valence-electron chi connectivity index (χ3n) is 4.12. The minimum absolute atomic E-state index is 0.265.